The van der Waals surface area contributed by atoms with Gasteiger partial charge in [-0.15, -0.1) is 0 Å². The number of hydrogen-bond acceptors (Lipinski definition) is 2. The first-order valence-corrected chi connectivity index (χ1v) is 10.9. The summed E-state index contributed by atoms with van der Waals surface area (Å²) in [6, 6.07) is 18.9. The van der Waals surface area contributed by atoms with Crippen LogP contribution in [0.2, 0.25) is 0 Å². The average molecular weight is 385 g/mol. The summed E-state index contributed by atoms with van der Waals surface area (Å²) in [5.74, 6) is 0.108. The second-order valence-electron chi connectivity index (χ2n) is 9.29. The number of fused-ring (bicyclic) bond motifs is 3. The molecule has 2 aromatic rings. The average Bonchev–Trinajstić information content (AvgIpc) is 2.95. The molecule has 0 radical (unpaired) electrons. The third-order valence-electron chi connectivity index (χ3n) is 7.96. The number of allylic oxidation sites excluding steroid dienone is 2. The molecule has 2 heteroatoms. The number of hydrogen-bond donors (Lipinski definition) is 0. The van der Waals surface area contributed by atoms with Gasteiger partial charge in [0.2, 0.25) is 0 Å². The molecule has 3 aliphatic rings. The molecule has 0 saturated heterocycles. The molecule has 0 amide bonds. The lowest BCUT2D eigenvalue weighted by Crippen LogP contribution is -2.54. The molecule has 0 spiro atoms. The number of carbonyl (C=O) groups is 2. The lowest BCUT2D eigenvalue weighted by Gasteiger charge is -2.52. The van der Waals surface area contributed by atoms with E-state index in [2.05, 4.69) is 55.5 Å². The fourth-order valence-electron chi connectivity index (χ4n) is 6.79. The highest BCUT2D eigenvalue weighted by molar-refractivity contribution is 6.10. The van der Waals surface area contributed by atoms with Gasteiger partial charge in [-0.2, -0.15) is 0 Å². The number of carbonyl (C=O) groups excluding carboxylic acids is 2. The SMILES string of the molecule is CCCC[C@H]1C(=O)[C@]2(C)c3ccccc3[C@]3(c4ccccc4)C=C(C)C(=O)[C@@H]2[C@@H]13. The summed E-state index contributed by atoms with van der Waals surface area (Å²) in [6.45, 7) is 6.16. The Morgan fingerprint density at radius 3 is 2.28 bits per heavy atom. The van der Waals surface area contributed by atoms with Crippen LogP contribution in [0.4, 0.5) is 0 Å². The molecule has 0 N–H and O–H groups in total. The summed E-state index contributed by atoms with van der Waals surface area (Å²) in [5.41, 5.74) is 3.16. The Morgan fingerprint density at radius 2 is 1.59 bits per heavy atom. The fourth-order valence-corrected chi connectivity index (χ4v) is 6.79. The van der Waals surface area contributed by atoms with E-state index in [-0.39, 0.29) is 29.3 Å². The topological polar surface area (TPSA) is 34.1 Å². The zero-order valence-electron chi connectivity index (χ0n) is 17.4. The van der Waals surface area contributed by atoms with Crippen LogP contribution < -0.4 is 0 Å². The summed E-state index contributed by atoms with van der Waals surface area (Å²) < 4.78 is 0. The van der Waals surface area contributed by atoms with Gasteiger partial charge in [0.1, 0.15) is 5.78 Å². The van der Waals surface area contributed by atoms with Gasteiger partial charge in [0.15, 0.2) is 5.78 Å². The van der Waals surface area contributed by atoms with E-state index >= 15 is 0 Å². The van der Waals surface area contributed by atoms with E-state index < -0.39 is 10.8 Å². The van der Waals surface area contributed by atoms with Crippen molar-refractivity contribution in [2.75, 3.05) is 0 Å². The first kappa shape index (κ1) is 18.5. The maximum atomic E-state index is 14.0. The Hall–Kier alpha value is -2.48. The van der Waals surface area contributed by atoms with Crippen molar-refractivity contribution < 1.29 is 9.59 Å². The van der Waals surface area contributed by atoms with Crippen molar-refractivity contribution in [1.82, 2.24) is 0 Å². The fraction of sp³-hybridized carbons (Fsp3) is 0.407. The summed E-state index contributed by atoms with van der Waals surface area (Å²) in [7, 11) is 0. The maximum absolute atomic E-state index is 14.0. The summed E-state index contributed by atoms with van der Waals surface area (Å²) >= 11 is 0. The van der Waals surface area contributed by atoms with Crippen LogP contribution in [0.15, 0.2) is 66.2 Å². The minimum atomic E-state index is -0.718. The largest absolute Gasteiger partial charge is 0.298 e. The van der Waals surface area contributed by atoms with Gasteiger partial charge in [-0.25, -0.2) is 0 Å². The second-order valence-corrected chi connectivity index (χ2v) is 9.29. The number of benzene rings is 2. The van der Waals surface area contributed by atoms with Crippen molar-refractivity contribution in [3.8, 4) is 0 Å². The highest BCUT2D eigenvalue weighted by atomic mass is 16.1. The van der Waals surface area contributed by atoms with E-state index in [9.17, 15) is 9.59 Å². The van der Waals surface area contributed by atoms with Crippen molar-refractivity contribution in [1.29, 1.82) is 0 Å². The Bertz CT molecular complexity index is 1030. The van der Waals surface area contributed by atoms with Crippen LogP contribution in [0.3, 0.4) is 0 Å². The van der Waals surface area contributed by atoms with E-state index in [0.29, 0.717) is 0 Å². The molecule has 4 bridgehead atoms. The molecule has 3 aliphatic carbocycles. The van der Waals surface area contributed by atoms with Gasteiger partial charge in [0.25, 0.3) is 0 Å². The highest BCUT2D eigenvalue weighted by Crippen LogP contribution is 2.67. The molecule has 0 unspecified atom stereocenters. The van der Waals surface area contributed by atoms with Crippen LogP contribution in [0, 0.1) is 17.8 Å². The van der Waals surface area contributed by atoms with Gasteiger partial charge < -0.3 is 0 Å². The smallest absolute Gasteiger partial charge is 0.163 e. The van der Waals surface area contributed by atoms with Gasteiger partial charge in [-0.1, -0.05) is 80.4 Å². The minimum absolute atomic E-state index is 0.0000463. The molecule has 1 saturated carbocycles. The summed E-state index contributed by atoms with van der Waals surface area (Å²) in [5, 5.41) is 0. The van der Waals surface area contributed by atoms with Gasteiger partial charge >= 0.3 is 0 Å². The van der Waals surface area contributed by atoms with Crippen LogP contribution in [-0.4, -0.2) is 11.6 Å². The molecule has 5 atom stereocenters. The Morgan fingerprint density at radius 1 is 0.931 bits per heavy atom. The molecule has 1 fully saturated rings. The van der Waals surface area contributed by atoms with Crippen LogP contribution in [0.5, 0.6) is 0 Å². The quantitative estimate of drug-likeness (QED) is 0.708. The van der Waals surface area contributed by atoms with Crippen LogP contribution >= 0.6 is 0 Å². The third-order valence-corrected chi connectivity index (χ3v) is 7.96. The van der Waals surface area contributed by atoms with E-state index in [1.807, 2.05) is 26.0 Å². The summed E-state index contributed by atoms with van der Waals surface area (Å²) in [4.78, 5) is 27.5. The van der Waals surface area contributed by atoms with Crippen LogP contribution in [-0.2, 0) is 20.4 Å². The third kappa shape index (κ3) is 2.12. The normalized spacial score (nSPS) is 34.7. The van der Waals surface area contributed by atoms with E-state index in [0.717, 1.165) is 30.4 Å². The predicted octanol–water partition coefficient (Wildman–Crippen LogP) is 5.39. The van der Waals surface area contributed by atoms with E-state index in [1.54, 1.807) is 0 Å². The van der Waals surface area contributed by atoms with Crippen molar-refractivity contribution in [2.45, 2.75) is 50.9 Å². The molecule has 5 rings (SSSR count). The Balaban J connectivity index is 1.90. The number of ketones is 2. The van der Waals surface area contributed by atoms with Gasteiger partial charge in [-0.05, 0) is 48.4 Å². The molecule has 0 heterocycles. The second kappa shape index (κ2) is 6.26. The first-order valence-electron chi connectivity index (χ1n) is 10.9. The van der Waals surface area contributed by atoms with Crippen molar-refractivity contribution >= 4 is 11.6 Å². The molecule has 29 heavy (non-hydrogen) atoms. The number of unbranched alkanes of at least 4 members (excludes halogenated alkanes) is 1. The van der Waals surface area contributed by atoms with Gasteiger partial charge in [0.05, 0.1) is 5.41 Å². The standard InChI is InChI=1S/C27H28O2/c1-4-5-13-19-22-23-24(28)17(2)16-27(22,18-11-7-6-8-12-18)21-15-10-9-14-20(21)26(23,3)25(19)29/h6-12,14-16,19,22-23H,4-5,13H2,1-3H3/t19-,22-,23+,26-,27-/m1/s1. The number of rotatable bonds is 4. The van der Waals surface area contributed by atoms with Gasteiger partial charge in [-0.3, -0.25) is 9.59 Å². The Labute approximate surface area is 173 Å². The molecule has 148 valence electrons. The van der Waals surface area contributed by atoms with E-state index in [1.165, 1.54) is 11.1 Å². The predicted molar refractivity (Wildman–Crippen MR) is 115 cm³/mol. The maximum Gasteiger partial charge on any atom is 0.163 e. The van der Waals surface area contributed by atoms with Gasteiger partial charge in [0, 0.05) is 17.3 Å². The highest BCUT2D eigenvalue weighted by Gasteiger charge is 2.71. The van der Waals surface area contributed by atoms with Crippen LogP contribution in [0.25, 0.3) is 0 Å². The zero-order valence-corrected chi connectivity index (χ0v) is 17.4. The van der Waals surface area contributed by atoms with Crippen molar-refractivity contribution in [3.05, 3.63) is 82.9 Å². The lowest BCUT2D eigenvalue weighted by molar-refractivity contribution is -0.129. The monoisotopic (exact) mass is 384 g/mol. The Kier molecular flexibility index (Phi) is 4.00. The van der Waals surface area contributed by atoms with E-state index in [4.69, 9.17) is 0 Å². The van der Waals surface area contributed by atoms with Crippen molar-refractivity contribution in [2.24, 2.45) is 17.8 Å². The minimum Gasteiger partial charge on any atom is -0.298 e. The molecule has 2 aromatic carbocycles. The zero-order chi connectivity index (χ0) is 20.4. The molecular formula is C27H28O2. The van der Waals surface area contributed by atoms with Crippen molar-refractivity contribution in [3.63, 3.8) is 0 Å². The molecule has 2 nitrogen and oxygen atoms in total. The molecule has 0 aromatic heterocycles. The molecule has 0 aliphatic heterocycles. The number of Topliss-reactive ketones (excluding diaryl/α,β-unsaturated/α-hetero) is 2. The lowest BCUT2D eigenvalue weighted by atomic mass is 9.48. The first-order chi connectivity index (χ1) is 14.0. The summed E-state index contributed by atoms with van der Waals surface area (Å²) in [6.07, 6.45) is 5.15. The van der Waals surface area contributed by atoms with Crippen LogP contribution in [0.1, 0.15) is 56.7 Å². The molecular weight excluding hydrogens is 356 g/mol.